The molecule has 0 saturated heterocycles. The second-order valence-corrected chi connectivity index (χ2v) is 8.27. The van der Waals surface area contributed by atoms with E-state index in [1.807, 2.05) is 42.5 Å². The molecule has 130 valence electrons. The van der Waals surface area contributed by atoms with Crippen LogP contribution in [0.4, 0.5) is 0 Å². The number of fused-ring (bicyclic) bond motifs is 3. The second-order valence-electron chi connectivity index (χ2n) is 5.55. The molecule has 0 unspecified atom stereocenters. The van der Waals surface area contributed by atoms with Gasteiger partial charge in [-0.1, -0.05) is 36.1 Å². The zero-order valence-corrected chi connectivity index (χ0v) is 17.4. The van der Waals surface area contributed by atoms with Gasteiger partial charge in [-0.3, -0.25) is 4.79 Å². The maximum absolute atomic E-state index is 12.8. The van der Waals surface area contributed by atoms with Crippen molar-refractivity contribution < 1.29 is 4.74 Å². The first-order chi connectivity index (χ1) is 12.6. The van der Waals surface area contributed by atoms with Gasteiger partial charge in [0.05, 0.1) is 24.5 Å². The molecule has 2 aromatic carbocycles. The number of hydrogen-bond acceptors (Lipinski definition) is 4. The van der Waals surface area contributed by atoms with Gasteiger partial charge in [0.25, 0.3) is 5.56 Å². The molecule has 0 N–H and O–H groups in total. The molecule has 4 aromatic rings. The van der Waals surface area contributed by atoms with Crippen LogP contribution in [0.3, 0.4) is 0 Å². The minimum absolute atomic E-state index is 0.0575. The normalized spacial score (nSPS) is 12.2. The molecule has 2 aromatic heterocycles. The van der Waals surface area contributed by atoms with Crippen molar-refractivity contribution in [2.24, 2.45) is 0 Å². The third-order valence-electron chi connectivity index (χ3n) is 3.81. The van der Waals surface area contributed by atoms with E-state index in [1.54, 1.807) is 10.5 Å². The third kappa shape index (κ3) is 3.00. The predicted octanol–water partition coefficient (Wildman–Crippen LogP) is 4.55. The fourth-order valence-electron chi connectivity index (χ4n) is 2.71. The topological polar surface area (TPSA) is 43.6 Å². The zero-order chi connectivity index (χ0) is 18.3. The molecule has 26 heavy (non-hydrogen) atoms. The maximum Gasteiger partial charge on any atom is 0.274 e. The number of rotatable bonds is 4. The monoisotopic (exact) mass is 490 g/mol. The highest BCUT2D eigenvalue weighted by atomic mass is 79.9. The average Bonchev–Trinajstić information content (AvgIpc) is 3.11. The SMILES string of the molecule is C=CCOc1c(Br)cc(/C=c2\sc3nc4ccccc4n3c2=O)cc1Br. The number of benzene rings is 2. The van der Waals surface area contributed by atoms with Gasteiger partial charge in [0.15, 0.2) is 4.96 Å². The number of nitrogens with zero attached hydrogens (tertiary/aromatic N) is 2. The molecule has 0 amide bonds. The van der Waals surface area contributed by atoms with Crippen LogP contribution < -0.4 is 14.8 Å². The average molecular weight is 492 g/mol. The third-order valence-corrected chi connectivity index (χ3v) is 5.96. The van der Waals surface area contributed by atoms with Gasteiger partial charge in [0, 0.05) is 0 Å². The standard InChI is InChI=1S/C19H12Br2N2O2S/c1-2-7-25-17-12(20)8-11(9-13(17)21)10-16-18(24)23-15-6-4-3-5-14(15)22-19(23)26-16/h2-6,8-10H,1,7H2/b16-10-. The summed E-state index contributed by atoms with van der Waals surface area (Å²) in [5.41, 5.74) is 2.49. The summed E-state index contributed by atoms with van der Waals surface area (Å²) in [6, 6.07) is 11.5. The Kier molecular flexibility index (Phi) is 4.69. The van der Waals surface area contributed by atoms with Crippen molar-refractivity contribution >= 4 is 65.3 Å². The molecule has 4 nitrogen and oxygen atoms in total. The molecule has 4 rings (SSSR count). The number of thiazole rings is 1. The lowest BCUT2D eigenvalue weighted by atomic mass is 10.2. The Morgan fingerprint density at radius 3 is 2.69 bits per heavy atom. The molecule has 0 aliphatic rings. The van der Waals surface area contributed by atoms with Gasteiger partial charge in [-0.2, -0.15) is 0 Å². The molecule has 0 aliphatic carbocycles. The number of aromatic nitrogens is 2. The molecule has 0 spiro atoms. The van der Waals surface area contributed by atoms with Crippen molar-refractivity contribution in [2.45, 2.75) is 0 Å². The quantitative estimate of drug-likeness (QED) is 0.393. The molecule has 0 fully saturated rings. The Balaban J connectivity index is 1.85. The van der Waals surface area contributed by atoms with E-state index in [-0.39, 0.29) is 5.56 Å². The summed E-state index contributed by atoms with van der Waals surface area (Å²) < 4.78 is 9.54. The van der Waals surface area contributed by atoms with E-state index < -0.39 is 0 Å². The van der Waals surface area contributed by atoms with E-state index in [9.17, 15) is 4.79 Å². The summed E-state index contributed by atoms with van der Waals surface area (Å²) in [5.74, 6) is 0.705. The molecule has 0 bridgehead atoms. The van der Waals surface area contributed by atoms with E-state index >= 15 is 0 Å². The van der Waals surface area contributed by atoms with Crippen LogP contribution in [-0.4, -0.2) is 16.0 Å². The summed E-state index contributed by atoms with van der Waals surface area (Å²) in [4.78, 5) is 18.1. The first kappa shape index (κ1) is 17.5. The molecule has 0 aliphatic heterocycles. The minimum Gasteiger partial charge on any atom is -0.487 e. The highest BCUT2D eigenvalue weighted by molar-refractivity contribution is 9.11. The van der Waals surface area contributed by atoms with Crippen LogP contribution in [-0.2, 0) is 0 Å². The highest BCUT2D eigenvalue weighted by Gasteiger charge is 2.12. The van der Waals surface area contributed by atoms with Crippen molar-refractivity contribution in [3.63, 3.8) is 0 Å². The highest BCUT2D eigenvalue weighted by Crippen LogP contribution is 2.35. The van der Waals surface area contributed by atoms with Gasteiger partial charge in [0.2, 0.25) is 0 Å². The van der Waals surface area contributed by atoms with Crippen LogP contribution in [0.2, 0.25) is 0 Å². The van der Waals surface area contributed by atoms with Crippen molar-refractivity contribution in [3.05, 3.63) is 78.4 Å². The number of hydrogen-bond donors (Lipinski definition) is 0. The molecule has 0 atom stereocenters. The fourth-order valence-corrected chi connectivity index (χ4v) is 5.14. The van der Waals surface area contributed by atoms with E-state index in [4.69, 9.17) is 4.74 Å². The Labute approximate surface area is 169 Å². The Morgan fingerprint density at radius 2 is 1.96 bits per heavy atom. The van der Waals surface area contributed by atoms with Crippen LogP contribution in [0.25, 0.3) is 22.1 Å². The molecule has 2 heterocycles. The molecular formula is C19H12Br2N2O2S. The van der Waals surface area contributed by atoms with Crippen LogP contribution in [0.5, 0.6) is 5.75 Å². The molecular weight excluding hydrogens is 480 g/mol. The Bertz CT molecular complexity index is 1240. The lowest BCUT2D eigenvalue weighted by Crippen LogP contribution is -2.22. The predicted molar refractivity (Wildman–Crippen MR) is 113 cm³/mol. The summed E-state index contributed by atoms with van der Waals surface area (Å²) in [6.07, 6.45) is 3.55. The van der Waals surface area contributed by atoms with E-state index in [1.165, 1.54) is 11.3 Å². The van der Waals surface area contributed by atoms with Crippen molar-refractivity contribution in [1.82, 2.24) is 9.38 Å². The van der Waals surface area contributed by atoms with Crippen LogP contribution in [0.15, 0.2) is 62.8 Å². The summed E-state index contributed by atoms with van der Waals surface area (Å²) in [6.45, 7) is 4.07. The summed E-state index contributed by atoms with van der Waals surface area (Å²) >= 11 is 8.42. The van der Waals surface area contributed by atoms with Crippen molar-refractivity contribution in [2.75, 3.05) is 6.61 Å². The smallest absolute Gasteiger partial charge is 0.274 e. The maximum atomic E-state index is 12.8. The summed E-state index contributed by atoms with van der Waals surface area (Å²) in [7, 11) is 0. The minimum atomic E-state index is -0.0575. The van der Waals surface area contributed by atoms with Crippen LogP contribution in [0.1, 0.15) is 5.56 Å². The fraction of sp³-hybridized carbons (Fsp3) is 0.0526. The van der Waals surface area contributed by atoms with Gasteiger partial charge < -0.3 is 4.74 Å². The Morgan fingerprint density at radius 1 is 1.23 bits per heavy atom. The first-order valence-electron chi connectivity index (χ1n) is 7.73. The number of halogens is 2. The Hall–Kier alpha value is -1.96. The number of ether oxygens (including phenoxy) is 1. The molecule has 7 heteroatoms. The van der Waals surface area contributed by atoms with Crippen LogP contribution in [0, 0.1) is 0 Å². The molecule has 0 radical (unpaired) electrons. The van der Waals surface area contributed by atoms with Crippen molar-refractivity contribution in [1.29, 1.82) is 0 Å². The van der Waals surface area contributed by atoms with Crippen LogP contribution >= 0.6 is 43.2 Å². The van der Waals surface area contributed by atoms with Gasteiger partial charge in [-0.05, 0) is 67.8 Å². The lowest BCUT2D eigenvalue weighted by Gasteiger charge is -2.09. The zero-order valence-electron chi connectivity index (χ0n) is 13.4. The van der Waals surface area contributed by atoms with E-state index in [0.29, 0.717) is 21.8 Å². The second kappa shape index (κ2) is 6.98. The van der Waals surface area contributed by atoms with Gasteiger partial charge >= 0.3 is 0 Å². The van der Waals surface area contributed by atoms with Gasteiger partial charge in [-0.25, -0.2) is 9.38 Å². The van der Waals surface area contributed by atoms with Gasteiger partial charge in [-0.15, -0.1) is 0 Å². The van der Waals surface area contributed by atoms with Crippen molar-refractivity contribution in [3.8, 4) is 5.75 Å². The summed E-state index contributed by atoms with van der Waals surface area (Å²) in [5, 5.41) is 0. The van der Waals surface area contributed by atoms with E-state index in [0.717, 1.165) is 25.5 Å². The first-order valence-corrected chi connectivity index (χ1v) is 10.1. The largest absolute Gasteiger partial charge is 0.487 e. The number of para-hydroxylation sites is 2. The molecule has 0 saturated carbocycles. The number of imidazole rings is 1. The van der Waals surface area contributed by atoms with E-state index in [2.05, 4.69) is 43.4 Å². The van der Waals surface area contributed by atoms with Gasteiger partial charge in [0.1, 0.15) is 12.4 Å². The lowest BCUT2D eigenvalue weighted by molar-refractivity contribution is 0.358.